The third-order valence-corrected chi connectivity index (χ3v) is 3.07. The van der Waals surface area contributed by atoms with Gasteiger partial charge in [0, 0.05) is 25.5 Å². The summed E-state index contributed by atoms with van der Waals surface area (Å²) in [5.41, 5.74) is 1.26. The highest BCUT2D eigenvalue weighted by Gasteiger charge is 2.08. The van der Waals surface area contributed by atoms with Crippen LogP contribution in [0.2, 0.25) is 0 Å². The SMILES string of the molecule is COC(=O)c1cc(CNCCS(C)(=O)=O)c[nH]1. The molecule has 1 rings (SSSR count). The van der Waals surface area contributed by atoms with Crippen LogP contribution in [-0.2, 0) is 21.1 Å². The van der Waals surface area contributed by atoms with E-state index in [0.29, 0.717) is 18.8 Å². The number of sulfone groups is 1. The molecule has 0 aliphatic rings. The number of rotatable bonds is 6. The Morgan fingerprint density at radius 3 is 2.82 bits per heavy atom. The first-order chi connectivity index (χ1) is 7.92. The Bertz CT molecular complexity index is 478. The first kappa shape index (κ1) is 13.7. The number of aromatic amines is 1. The summed E-state index contributed by atoms with van der Waals surface area (Å²) >= 11 is 0. The van der Waals surface area contributed by atoms with Gasteiger partial charge in [-0.15, -0.1) is 0 Å². The van der Waals surface area contributed by atoms with Gasteiger partial charge in [-0.05, 0) is 11.6 Å². The van der Waals surface area contributed by atoms with Crippen LogP contribution in [0, 0.1) is 0 Å². The van der Waals surface area contributed by atoms with Gasteiger partial charge in [0.05, 0.1) is 12.9 Å². The summed E-state index contributed by atoms with van der Waals surface area (Å²) in [6.45, 7) is 0.889. The second-order valence-corrected chi connectivity index (χ2v) is 5.98. The molecule has 0 spiro atoms. The molecule has 0 radical (unpaired) electrons. The molecule has 0 bridgehead atoms. The highest BCUT2D eigenvalue weighted by molar-refractivity contribution is 7.90. The summed E-state index contributed by atoms with van der Waals surface area (Å²) in [6.07, 6.45) is 2.88. The Labute approximate surface area is 100 Å². The molecule has 0 unspecified atom stereocenters. The van der Waals surface area contributed by atoms with Gasteiger partial charge in [-0.1, -0.05) is 0 Å². The van der Waals surface area contributed by atoms with Gasteiger partial charge >= 0.3 is 5.97 Å². The molecule has 0 aliphatic carbocycles. The van der Waals surface area contributed by atoms with Crippen molar-refractivity contribution in [3.8, 4) is 0 Å². The van der Waals surface area contributed by atoms with Crippen LogP contribution in [-0.4, -0.2) is 45.0 Å². The van der Waals surface area contributed by atoms with Gasteiger partial charge in [0.1, 0.15) is 15.5 Å². The van der Waals surface area contributed by atoms with E-state index in [0.717, 1.165) is 5.56 Å². The monoisotopic (exact) mass is 260 g/mol. The molecule has 6 nitrogen and oxygen atoms in total. The average molecular weight is 260 g/mol. The van der Waals surface area contributed by atoms with E-state index >= 15 is 0 Å². The summed E-state index contributed by atoms with van der Waals surface area (Å²) in [6, 6.07) is 1.67. The standard InChI is InChI=1S/C10H16N2O4S/c1-16-10(13)9-5-8(7-12-9)6-11-3-4-17(2,14)15/h5,7,11-12H,3-4,6H2,1-2H3. The number of methoxy groups -OCH3 is 1. The molecule has 2 N–H and O–H groups in total. The highest BCUT2D eigenvalue weighted by Crippen LogP contribution is 2.04. The molecule has 0 aromatic carbocycles. The number of hydrogen-bond donors (Lipinski definition) is 2. The van der Waals surface area contributed by atoms with Crippen LogP contribution in [0.25, 0.3) is 0 Å². The number of H-pyrrole nitrogens is 1. The smallest absolute Gasteiger partial charge is 0.354 e. The van der Waals surface area contributed by atoms with Gasteiger partial charge in [-0.2, -0.15) is 0 Å². The van der Waals surface area contributed by atoms with Crippen LogP contribution < -0.4 is 5.32 Å². The molecule has 1 heterocycles. The van der Waals surface area contributed by atoms with Crippen molar-refractivity contribution in [1.29, 1.82) is 0 Å². The Morgan fingerprint density at radius 1 is 1.53 bits per heavy atom. The number of carbonyl (C=O) groups excluding carboxylic acids is 1. The molecule has 17 heavy (non-hydrogen) atoms. The summed E-state index contributed by atoms with van der Waals surface area (Å²) in [4.78, 5) is 13.9. The zero-order chi connectivity index (χ0) is 12.9. The van der Waals surface area contributed by atoms with Crippen LogP contribution in [0.5, 0.6) is 0 Å². The quantitative estimate of drug-likeness (QED) is 0.552. The Balaban J connectivity index is 2.38. The Hall–Kier alpha value is -1.34. The summed E-state index contributed by atoms with van der Waals surface area (Å²) < 4.78 is 26.3. The fourth-order valence-electron chi connectivity index (χ4n) is 1.26. The minimum Gasteiger partial charge on any atom is -0.464 e. The van der Waals surface area contributed by atoms with E-state index in [9.17, 15) is 13.2 Å². The van der Waals surface area contributed by atoms with E-state index in [1.807, 2.05) is 0 Å². The van der Waals surface area contributed by atoms with Crippen LogP contribution >= 0.6 is 0 Å². The van der Waals surface area contributed by atoms with Gasteiger partial charge in [-0.25, -0.2) is 13.2 Å². The third-order valence-electron chi connectivity index (χ3n) is 2.13. The van der Waals surface area contributed by atoms with Gasteiger partial charge in [0.15, 0.2) is 0 Å². The summed E-state index contributed by atoms with van der Waals surface area (Å²) in [5, 5.41) is 2.98. The predicted molar refractivity (Wildman–Crippen MR) is 63.5 cm³/mol. The molecule has 0 amide bonds. The van der Waals surface area contributed by atoms with Crippen molar-refractivity contribution in [2.24, 2.45) is 0 Å². The molecular weight excluding hydrogens is 244 g/mol. The van der Waals surface area contributed by atoms with E-state index in [-0.39, 0.29) is 5.75 Å². The lowest BCUT2D eigenvalue weighted by molar-refractivity contribution is 0.0595. The van der Waals surface area contributed by atoms with Gasteiger partial charge in [0.25, 0.3) is 0 Å². The van der Waals surface area contributed by atoms with Crippen molar-refractivity contribution in [3.05, 3.63) is 23.5 Å². The molecule has 0 saturated heterocycles. The number of carbonyl (C=O) groups is 1. The molecule has 1 aromatic rings. The second-order valence-electron chi connectivity index (χ2n) is 3.72. The van der Waals surface area contributed by atoms with Crippen LogP contribution in [0.1, 0.15) is 16.1 Å². The maximum absolute atomic E-state index is 11.1. The summed E-state index contributed by atoms with van der Waals surface area (Å²) in [7, 11) is -1.62. The zero-order valence-corrected chi connectivity index (χ0v) is 10.6. The Kier molecular flexibility index (Phi) is 4.71. The van der Waals surface area contributed by atoms with E-state index in [1.54, 1.807) is 12.3 Å². The maximum Gasteiger partial charge on any atom is 0.354 e. The van der Waals surface area contributed by atoms with Crippen molar-refractivity contribution in [3.63, 3.8) is 0 Å². The minimum absolute atomic E-state index is 0.0985. The van der Waals surface area contributed by atoms with Crippen molar-refractivity contribution in [1.82, 2.24) is 10.3 Å². The minimum atomic E-state index is -2.94. The highest BCUT2D eigenvalue weighted by atomic mass is 32.2. The van der Waals surface area contributed by atoms with E-state index < -0.39 is 15.8 Å². The maximum atomic E-state index is 11.1. The fraction of sp³-hybridized carbons (Fsp3) is 0.500. The van der Waals surface area contributed by atoms with E-state index in [4.69, 9.17) is 0 Å². The van der Waals surface area contributed by atoms with Gasteiger partial charge in [0.2, 0.25) is 0 Å². The average Bonchev–Trinajstić information content (AvgIpc) is 2.70. The fourth-order valence-corrected chi connectivity index (χ4v) is 1.77. The van der Waals surface area contributed by atoms with Crippen LogP contribution in [0.4, 0.5) is 0 Å². The number of aromatic nitrogens is 1. The van der Waals surface area contributed by atoms with Gasteiger partial charge in [-0.3, -0.25) is 0 Å². The molecule has 0 aliphatic heterocycles. The molecule has 0 saturated carbocycles. The Morgan fingerprint density at radius 2 is 2.24 bits per heavy atom. The molecule has 1 aromatic heterocycles. The lowest BCUT2D eigenvalue weighted by Crippen LogP contribution is -2.21. The molecule has 0 fully saturated rings. The van der Waals surface area contributed by atoms with Gasteiger partial charge < -0.3 is 15.0 Å². The van der Waals surface area contributed by atoms with E-state index in [1.165, 1.54) is 13.4 Å². The second kappa shape index (κ2) is 5.83. The first-order valence-electron chi connectivity index (χ1n) is 5.06. The number of nitrogens with one attached hydrogen (secondary N) is 2. The van der Waals surface area contributed by atoms with Crippen LogP contribution in [0.15, 0.2) is 12.3 Å². The number of ether oxygens (including phenoxy) is 1. The molecule has 96 valence electrons. The first-order valence-corrected chi connectivity index (χ1v) is 7.12. The topological polar surface area (TPSA) is 88.3 Å². The molecule has 0 atom stereocenters. The number of hydrogen-bond acceptors (Lipinski definition) is 5. The molecular formula is C10H16N2O4S. The van der Waals surface area contributed by atoms with Crippen molar-refractivity contribution >= 4 is 15.8 Å². The van der Waals surface area contributed by atoms with Crippen molar-refractivity contribution in [2.45, 2.75) is 6.54 Å². The zero-order valence-electron chi connectivity index (χ0n) is 9.82. The normalized spacial score (nSPS) is 11.4. The lowest BCUT2D eigenvalue weighted by Gasteiger charge is -2.01. The van der Waals surface area contributed by atoms with Crippen LogP contribution in [0.3, 0.4) is 0 Å². The van der Waals surface area contributed by atoms with E-state index in [2.05, 4.69) is 15.0 Å². The summed E-state index contributed by atoms with van der Waals surface area (Å²) in [5.74, 6) is -0.325. The lowest BCUT2D eigenvalue weighted by atomic mass is 10.3. The van der Waals surface area contributed by atoms with Crippen molar-refractivity contribution in [2.75, 3.05) is 25.7 Å². The van der Waals surface area contributed by atoms with Crippen molar-refractivity contribution < 1.29 is 17.9 Å². The predicted octanol–water partition coefficient (Wildman–Crippen LogP) is -0.0645. The number of esters is 1. The third kappa shape index (κ3) is 5.01. The largest absolute Gasteiger partial charge is 0.464 e. The molecule has 7 heteroatoms.